The van der Waals surface area contributed by atoms with E-state index < -0.39 is 33.1 Å². The molecule has 134 valence electrons. The number of carbonyl (C=O) groups is 2. The molecule has 0 heterocycles. The lowest BCUT2D eigenvalue weighted by molar-refractivity contribution is -0.131. The predicted molar refractivity (Wildman–Crippen MR) is 92.8 cm³/mol. The minimum absolute atomic E-state index is 0.0964. The molecule has 0 aliphatic rings. The second-order valence-electron chi connectivity index (χ2n) is 5.25. The third kappa shape index (κ3) is 8.44. The molecule has 2 amide bonds. The molecule has 0 saturated carbocycles. The number of hydrogen-bond acceptors (Lipinski definition) is 5. The van der Waals surface area contributed by atoms with Crippen LogP contribution >= 0.6 is 24.2 Å². The molecule has 0 aliphatic heterocycles. The highest BCUT2D eigenvalue weighted by atomic mass is 79.9. The first-order valence-corrected chi connectivity index (χ1v) is 9.20. The number of anilines is 1. The van der Waals surface area contributed by atoms with Crippen molar-refractivity contribution in [2.24, 2.45) is 5.92 Å². The van der Waals surface area contributed by atoms with Crippen LogP contribution in [0, 0.1) is 5.92 Å². The van der Waals surface area contributed by atoms with Crippen LogP contribution in [-0.2, 0) is 18.6 Å². The van der Waals surface area contributed by atoms with E-state index in [1.54, 1.807) is 24.3 Å². The number of hydrogen-bond donors (Lipinski definition) is 3. The number of amides is 2. The van der Waals surface area contributed by atoms with Crippen molar-refractivity contribution in [1.82, 2.24) is 5.32 Å². The lowest BCUT2D eigenvalue weighted by atomic mass is 10.1. The molecule has 2 unspecified atom stereocenters. The summed E-state index contributed by atoms with van der Waals surface area (Å²) in [6, 6.07) is 6.86. The van der Waals surface area contributed by atoms with Gasteiger partial charge >= 0.3 is 14.3 Å². The lowest BCUT2D eigenvalue weighted by Gasteiger charge is -2.19. The number of rotatable bonds is 8. The number of benzene rings is 1. The highest BCUT2D eigenvalue weighted by molar-refractivity contribution is 9.10. The number of nitrogens with one attached hydrogen (secondary N) is 2. The molecular weight excluding hydrogens is 403 g/mol. The van der Waals surface area contributed by atoms with E-state index in [1.165, 1.54) is 0 Å². The Balaban J connectivity index is 2.60. The molecule has 8 nitrogen and oxygen atoms in total. The Morgan fingerprint density at radius 2 is 1.92 bits per heavy atom. The third-order valence-electron chi connectivity index (χ3n) is 2.76. The molecule has 3 N–H and O–H groups in total. The maximum absolute atomic E-state index is 12.0. The second kappa shape index (κ2) is 10.5. The van der Waals surface area contributed by atoms with Crippen LogP contribution in [0.25, 0.3) is 0 Å². The van der Waals surface area contributed by atoms with Gasteiger partial charge in [0, 0.05) is 10.2 Å². The Kier molecular flexibility index (Phi) is 8.99. The van der Waals surface area contributed by atoms with E-state index in [-0.39, 0.29) is 5.92 Å². The van der Waals surface area contributed by atoms with Crippen molar-refractivity contribution in [3.8, 4) is 0 Å². The van der Waals surface area contributed by atoms with Crippen LogP contribution in [0.5, 0.6) is 0 Å². The van der Waals surface area contributed by atoms with E-state index in [4.69, 9.17) is 9.63 Å². The zero-order valence-electron chi connectivity index (χ0n) is 13.2. The minimum atomic E-state index is -3.13. The maximum Gasteiger partial charge on any atom is 0.412 e. The van der Waals surface area contributed by atoms with Crippen molar-refractivity contribution in [3.63, 3.8) is 0 Å². The Labute approximate surface area is 149 Å². The van der Waals surface area contributed by atoms with Crippen LogP contribution in [0.1, 0.15) is 20.3 Å². The van der Waals surface area contributed by atoms with Crippen LogP contribution in [0.2, 0.25) is 0 Å². The zero-order valence-corrected chi connectivity index (χ0v) is 15.8. The van der Waals surface area contributed by atoms with Gasteiger partial charge in [-0.3, -0.25) is 19.2 Å². The fourth-order valence-electron chi connectivity index (χ4n) is 1.73. The molecule has 1 rings (SSSR count). The maximum atomic E-state index is 12.0. The average Bonchev–Trinajstić information content (AvgIpc) is 2.48. The van der Waals surface area contributed by atoms with Gasteiger partial charge in [-0.1, -0.05) is 29.8 Å². The van der Waals surface area contributed by atoms with Crippen molar-refractivity contribution in [2.45, 2.75) is 26.4 Å². The summed E-state index contributed by atoms with van der Waals surface area (Å²) in [5, 5.41) is 4.81. The summed E-state index contributed by atoms with van der Waals surface area (Å²) in [5.74, 6) is -0.503. The molecule has 1 aromatic carbocycles. The van der Waals surface area contributed by atoms with E-state index in [0.29, 0.717) is 12.1 Å². The molecule has 1 aromatic rings. The predicted octanol–water partition coefficient (Wildman–Crippen LogP) is 2.88. The molecule has 10 heteroatoms. The van der Waals surface area contributed by atoms with Gasteiger partial charge in [0.15, 0.2) is 6.10 Å². The molecule has 2 atom stereocenters. The molecule has 0 radical (unpaired) electrons. The molecule has 0 bridgehead atoms. The summed E-state index contributed by atoms with van der Waals surface area (Å²) < 4.78 is 20.9. The standard InChI is InChI=1S/C14H20BrN2O6P/c1-9(2)7-12(13(18)16-8-22-24(20)21)23-14(19)17-11-5-3-10(15)4-6-11/h3-6,9,12,24H,7-8H2,1-2H3,(H,16,18)(H,17,19)(H,20,21). The quantitative estimate of drug-likeness (QED) is 0.438. The van der Waals surface area contributed by atoms with Gasteiger partial charge < -0.3 is 14.9 Å². The fourth-order valence-corrected chi connectivity index (χ4v) is 2.19. The summed E-state index contributed by atoms with van der Waals surface area (Å²) in [6.07, 6.45) is -1.51. The number of ether oxygens (including phenoxy) is 1. The Hall–Kier alpha value is -1.41. The van der Waals surface area contributed by atoms with Crippen molar-refractivity contribution in [1.29, 1.82) is 0 Å². The van der Waals surface area contributed by atoms with Crippen LogP contribution in [0.3, 0.4) is 0 Å². The zero-order chi connectivity index (χ0) is 18.1. The van der Waals surface area contributed by atoms with Gasteiger partial charge in [-0.25, -0.2) is 4.79 Å². The van der Waals surface area contributed by atoms with Crippen molar-refractivity contribution in [3.05, 3.63) is 28.7 Å². The van der Waals surface area contributed by atoms with Gasteiger partial charge in [0.2, 0.25) is 0 Å². The van der Waals surface area contributed by atoms with E-state index in [1.807, 2.05) is 13.8 Å². The van der Waals surface area contributed by atoms with Crippen molar-refractivity contribution in [2.75, 3.05) is 12.0 Å². The number of carbonyl (C=O) groups excluding carboxylic acids is 2. The monoisotopic (exact) mass is 422 g/mol. The Morgan fingerprint density at radius 3 is 2.46 bits per heavy atom. The molecule has 0 saturated heterocycles. The topological polar surface area (TPSA) is 114 Å². The van der Waals surface area contributed by atoms with Crippen LogP contribution in [0.15, 0.2) is 28.7 Å². The first kappa shape index (κ1) is 20.6. The van der Waals surface area contributed by atoms with Gasteiger partial charge in [0.05, 0.1) is 0 Å². The van der Waals surface area contributed by atoms with E-state index >= 15 is 0 Å². The lowest BCUT2D eigenvalue weighted by Crippen LogP contribution is -2.40. The molecule has 0 aromatic heterocycles. The highest BCUT2D eigenvalue weighted by Gasteiger charge is 2.24. The summed E-state index contributed by atoms with van der Waals surface area (Å²) in [4.78, 5) is 32.5. The summed E-state index contributed by atoms with van der Waals surface area (Å²) in [6.45, 7) is 3.32. The van der Waals surface area contributed by atoms with Gasteiger partial charge in [-0.05, 0) is 36.6 Å². The van der Waals surface area contributed by atoms with E-state index in [2.05, 4.69) is 31.1 Å². The normalized spacial score (nSPS) is 13.2. The van der Waals surface area contributed by atoms with Crippen molar-refractivity contribution < 1.29 is 28.3 Å². The Morgan fingerprint density at radius 1 is 1.29 bits per heavy atom. The van der Waals surface area contributed by atoms with Gasteiger partial charge in [0.1, 0.15) is 6.73 Å². The molecule has 0 fully saturated rings. The van der Waals surface area contributed by atoms with Gasteiger partial charge in [0.25, 0.3) is 5.91 Å². The SMILES string of the molecule is CC(C)CC(OC(=O)Nc1ccc(Br)cc1)C(=O)NCO[PH](=O)O. The fraction of sp³-hybridized carbons (Fsp3) is 0.429. The third-order valence-corrected chi connectivity index (χ3v) is 3.68. The average molecular weight is 423 g/mol. The highest BCUT2D eigenvalue weighted by Crippen LogP contribution is 2.16. The summed E-state index contributed by atoms with van der Waals surface area (Å²) in [5.41, 5.74) is 0.522. The summed E-state index contributed by atoms with van der Waals surface area (Å²) in [7, 11) is -3.13. The van der Waals surface area contributed by atoms with E-state index in [9.17, 15) is 14.2 Å². The second-order valence-corrected chi connectivity index (χ2v) is 6.99. The smallest absolute Gasteiger partial charge is 0.412 e. The molecule has 0 spiro atoms. The largest absolute Gasteiger partial charge is 0.436 e. The molecular formula is C14H20BrN2O6P. The summed E-state index contributed by atoms with van der Waals surface area (Å²) >= 11 is 3.29. The molecule has 24 heavy (non-hydrogen) atoms. The van der Waals surface area contributed by atoms with Crippen LogP contribution in [0.4, 0.5) is 10.5 Å². The van der Waals surface area contributed by atoms with Crippen molar-refractivity contribution >= 4 is 41.9 Å². The first-order chi connectivity index (χ1) is 11.3. The first-order valence-electron chi connectivity index (χ1n) is 7.14. The van der Waals surface area contributed by atoms with Gasteiger partial charge in [-0.2, -0.15) is 0 Å². The minimum Gasteiger partial charge on any atom is -0.436 e. The molecule has 0 aliphatic carbocycles. The van der Waals surface area contributed by atoms with Crippen LogP contribution in [-0.4, -0.2) is 29.7 Å². The van der Waals surface area contributed by atoms with Crippen LogP contribution < -0.4 is 10.6 Å². The Bertz CT molecular complexity index is 581. The van der Waals surface area contributed by atoms with Gasteiger partial charge in [-0.15, -0.1) is 0 Å². The number of halogens is 1. The van der Waals surface area contributed by atoms with E-state index in [0.717, 1.165) is 4.47 Å².